The monoisotopic (exact) mass is 472 g/mol. The van der Waals surface area contributed by atoms with Gasteiger partial charge in [-0.3, -0.25) is 4.79 Å². The molecule has 0 radical (unpaired) electrons. The van der Waals surface area contributed by atoms with Gasteiger partial charge in [-0.05, 0) is 90.5 Å². The molecule has 0 amide bonds. The highest BCUT2D eigenvalue weighted by Gasteiger charge is 2.13. The van der Waals surface area contributed by atoms with Crippen LogP contribution in [0.1, 0.15) is 71.4 Å². The van der Waals surface area contributed by atoms with Crippen molar-refractivity contribution in [3.05, 3.63) is 58.7 Å². The molecule has 5 heteroatoms. The van der Waals surface area contributed by atoms with Crippen molar-refractivity contribution >= 4 is 5.78 Å². The lowest BCUT2D eigenvalue weighted by atomic mass is 9.95. The molecule has 190 valence electrons. The van der Waals surface area contributed by atoms with Crippen LogP contribution in [0.2, 0.25) is 0 Å². The molecule has 0 aliphatic carbocycles. The minimum atomic E-state index is -0.976. The first-order valence-electron chi connectivity index (χ1n) is 12.0. The Bertz CT molecular complexity index is 887. The highest BCUT2D eigenvalue weighted by atomic mass is 16.5. The van der Waals surface area contributed by atoms with Gasteiger partial charge in [0, 0.05) is 11.5 Å². The number of aliphatic hydroxyl groups excluding tert-OH is 1. The van der Waals surface area contributed by atoms with Crippen molar-refractivity contribution in [2.75, 3.05) is 14.2 Å². The quantitative estimate of drug-likeness (QED) is 0.260. The number of aliphatic hydroxyl groups is 2. The standard InChI is InChI=1S/C29H44O5/c1-20(10-9-11-22(3)27(31)14-15-29(5,6)32)16-25(30)17-21(2)12-13-24-19-26(33-7)18-23(4)28(24)34-8/h12,14-16,18-19,22,25,30,32H,9-11,13,17H2,1-8H3/t22-,25+/m1/s1. The molecular formula is C29H44O5. The van der Waals surface area contributed by atoms with E-state index in [0.717, 1.165) is 53.0 Å². The number of aryl methyl sites for hydroxylation is 1. The first kappa shape index (κ1) is 29.7. The number of hydrogen-bond acceptors (Lipinski definition) is 5. The van der Waals surface area contributed by atoms with Crippen molar-refractivity contribution < 1.29 is 24.5 Å². The van der Waals surface area contributed by atoms with Gasteiger partial charge in [0.15, 0.2) is 5.78 Å². The van der Waals surface area contributed by atoms with Crippen molar-refractivity contribution in [2.45, 2.75) is 85.4 Å². The van der Waals surface area contributed by atoms with Crippen molar-refractivity contribution in [1.82, 2.24) is 0 Å². The molecule has 1 aromatic rings. The van der Waals surface area contributed by atoms with E-state index < -0.39 is 11.7 Å². The summed E-state index contributed by atoms with van der Waals surface area (Å²) in [6.45, 7) is 11.3. The fourth-order valence-electron chi connectivity index (χ4n) is 3.82. The molecule has 2 atom stereocenters. The number of allylic oxidation sites excluding steroid dienone is 3. The van der Waals surface area contributed by atoms with Crippen LogP contribution in [0.4, 0.5) is 0 Å². The average Bonchev–Trinajstić information content (AvgIpc) is 2.74. The number of ether oxygens (including phenoxy) is 2. The molecule has 0 saturated heterocycles. The molecule has 0 bridgehead atoms. The Labute approximate surface area is 206 Å². The van der Waals surface area contributed by atoms with Crippen LogP contribution in [0.15, 0.2) is 47.6 Å². The maximum absolute atomic E-state index is 12.1. The molecule has 1 rings (SSSR count). The predicted molar refractivity (Wildman–Crippen MR) is 140 cm³/mol. The number of methoxy groups -OCH3 is 2. The minimum Gasteiger partial charge on any atom is -0.497 e. The summed E-state index contributed by atoms with van der Waals surface area (Å²) < 4.78 is 10.9. The molecule has 34 heavy (non-hydrogen) atoms. The van der Waals surface area contributed by atoms with Crippen LogP contribution in [0, 0.1) is 12.8 Å². The fourth-order valence-corrected chi connectivity index (χ4v) is 3.82. The van der Waals surface area contributed by atoms with Gasteiger partial charge in [0.2, 0.25) is 0 Å². The van der Waals surface area contributed by atoms with E-state index in [1.807, 2.05) is 45.9 Å². The second-order valence-corrected chi connectivity index (χ2v) is 9.86. The predicted octanol–water partition coefficient (Wildman–Crippen LogP) is 5.90. The summed E-state index contributed by atoms with van der Waals surface area (Å²) in [6, 6.07) is 3.95. The van der Waals surface area contributed by atoms with Crippen molar-refractivity contribution in [3.8, 4) is 11.5 Å². The summed E-state index contributed by atoms with van der Waals surface area (Å²) in [5.74, 6) is 1.62. The third-order valence-electron chi connectivity index (χ3n) is 5.79. The maximum Gasteiger partial charge on any atom is 0.158 e. The van der Waals surface area contributed by atoms with Gasteiger partial charge in [-0.2, -0.15) is 0 Å². The molecule has 0 aromatic heterocycles. The smallest absolute Gasteiger partial charge is 0.158 e. The fraction of sp³-hybridized carbons (Fsp3) is 0.552. The highest BCUT2D eigenvalue weighted by molar-refractivity contribution is 5.91. The molecular weight excluding hydrogens is 428 g/mol. The SMILES string of the molecule is COc1cc(C)c(OC)c(CC=C(C)C[C@@H](O)C=C(C)CCC[C@@H](C)C(=O)C=CC(C)(C)O)c1. The number of hydrogen-bond donors (Lipinski definition) is 2. The topological polar surface area (TPSA) is 76.0 Å². The molecule has 0 aliphatic rings. The molecule has 5 nitrogen and oxygen atoms in total. The van der Waals surface area contributed by atoms with Crippen LogP contribution < -0.4 is 9.47 Å². The summed E-state index contributed by atoms with van der Waals surface area (Å²) in [5.41, 5.74) is 3.34. The Balaban J connectivity index is 2.58. The maximum atomic E-state index is 12.1. The van der Waals surface area contributed by atoms with Crippen LogP contribution >= 0.6 is 0 Å². The minimum absolute atomic E-state index is 0.0346. The number of rotatable bonds is 14. The van der Waals surface area contributed by atoms with E-state index in [4.69, 9.17) is 9.47 Å². The third-order valence-corrected chi connectivity index (χ3v) is 5.79. The van der Waals surface area contributed by atoms with Crippen molar-refractivity contribution in [1.29, 1.82) is 0 Å². The lowest BCUT2D eigenvalue weighted by Gasteiger charge is -2.13. The zero-order valence-corrected chi connectivity index (χ0v) is 22.3. The highest BCUT2D eigenvalue weighted by Crippen LogP contribution is 2.29. The van der Waals surface area contributed by atoms with Crippen LogP contribution in [0.5, 0.6) is 11.5 Å². The molecule has 1 aromatic carbocycles. The van der Waals surface area contributed by atoms with Gasteiger partial charge in [0.1, 0.15) is 11.5 Å². The van der Waals surface area contributed by atoms with Gasteiger partial charge in [-0.25, -0.2) is 0 Å². The van der Waals surface area contributed by atoms with Crippen molar-refractivity contribution in [2.24, 2.45) is 5.92 Å². The first-order chi connectivity index (χ1) is 15.9. The Morgan fingerprint density at radius 2 is 1.82 bits per heavy atom. The Morgan fingerprint density at radius 1 is 1.15 bits per heavy atom. The molecule has 0 unspecified atom stereocenters. The van der Waals surface area contributed by atoms with Crippen LogP contribution in [0.25, 0.3) is 0 Å². The third kappa shape index (κ3) is 11.2. The summed E-state index contributed by atoms with van der Waals surface area (Å²) in [7, 11) is 3.33. The van der Waals surface area contributed by atoms with Gasteiger partial charge in [0.25, 0.3) is 0 Å². The van der Waals surface area contributed by atoms with Gasteiger partial charge in [0.05, 0.1) is 25.9 Å². The van der Waals surface area contributed by atoms with E-state index in [0.29, 0.717) is 12.8 Å². The number of ketones is 1. The second-order valence-electron chi connectivity index (χ2n) is 9.86. The molecule has 0 spiro atoms. The average molecular weight is 473 g/mol. The zero-order valence-electron chi connectivity index (χ0n) is 22.3. The van der Waals surface area contributed by atoms with Gasteiger partial charge < -0.3 is 19.7 Å². The number of carbonyl (C=O) groups excluding carboxylic acids is 1. The summed E-state index contributed by atoms with van der Waals surface area (Å²) >= 11 is 0. The van der Waals surface area contributed by atoms with E-state index in [1.165, 1.54) is 12.2 Å². The second kappa shape index (κ2) is 14.1. The van der Waals surface area contributed by atoms with E-state index in [2.05, 4.69) is 6.08 Å². The van der Waals surface area contributed by atoms with Gasteiger partial charge in [-0.1, -0.05) is 36.3 Å². The lowest BCUT2D eigenvalue weighted by Crippen LogP contribution is -2.16. The summed E-state index contributed by atoms with van der Waals surface area (Å²) in [5, 5.41) is 20.2. The Kier molecular flexibility index (Phi) is 12.3. The van der Waals surface area contributed by atoms with Crippen LogP contribution in [0.3, 0.4) is 0 Å². The largest absolute Gasteiger partial charge is 0.497 e. The summed E-state index contributed by atoms with van der Waals surface area (Å²) in [4.78, 5) is 12.1. The Hall–Kier alpha value is -2.37. The number of benzene rings is 1. The molecule has 0 saturated carbocycles. The molecule has 2 N–H and O–H groups in total. The normalized spacial score (nSPS) is 14.9. The number of carbonyl (C=O) groups is 1. The first-order valence-corrected chi connectivity index (χ1v) is 12.0. The van der Waals surface area contributed by atoms with Gasteiger partial charge >= 0.3 is 0 Å². The molecule has 0 heterocycles. The molecule has 0 aliphatic heterocycles. The lowest BCUT2D eigenvalue weighted by molar-refractivity contribution is -0.118. The zero-order chi connectivity index (χ0) is 25.9. The van der Waals surface area contributed by atoms with E-state index in [1.54, 1.807) is 28.1 Å². The van der Waals surface area contributed by atoms with E-state index in [-0.39, 0.29) is 11.7 Å². The van der Waals surface area contributed by atoms with Crippen LogP contribution in [-0.2, 0) is 11.2 Å². The van der Waals surface area contributed by atoms with E-state index >= 15 is 0 Å². The van der Waals surface area contributed by atoms with Gasteiger partial charge in [-0.15, -0.1) is 0 Å². The summed E-state index contributed by atoms with van der Waals surface area (Å²) in [6.07, 6.45) is 10.3. The Morgan fingerprint density at radius 3 is 2.41 bits per heavy atom. The van der Waals surface area contributed by atoms with E-state index in [9.17, 15) is 15.0 Å². The van der Waals surface area contributed by atoms with Crippen molar-refractivity contribution in [3.63, 3.8) is 0 Å². The van der Waals surface area contributed by atoms with Crippen LogP contribution in [-0.4, -0.2) is 41.9 Å². The molecule has 0 fully saturated rings.